The van der Waals surface area contributed by atoms with Crippen molar-refractivity contribution in [2.75, 3.05) is 7.05 Å². The Kier molecular flexibility index (Phi) is 5.21. The standard InChI is InChI=1S/C14H16BrNO3S2/c1-10-9-20-13(8-17)14(10)21(18,19)16(2)7-11-4-3-5-12(15)6-11/h3-6,9,17H,7-8H2,1-2H3. The molecule has 4 nitrogen and oxygen atoms in total. The number of rotatable bonds is 5. The summed E-state index contributed by atoms with van der Waals surface area (Å²) in [6.07, 6.45) is 0. The molecule has 0 amide bonds. The fraction of sp³-hybridized carbons (Fsp3) is 0.286. The third-order valence-corrected chi connectivity index (χ3v) is 6.84. The largest absolute Gasteiger partial charge is 0.391 e. The van der Waals surface area contributed by atoms with E-state index in [1.165, 1.54) is 15.6 Å². The highest BCUT2D eigenvalue weighted by molar-refractivity contribution is 9.10. The number of aliphatic hydroxyl groups is 1. The quantitative estimate of drug-likeness (QED) is 0.854. The molecule has 2 rings (SSSR count). The molecule has 0 saturated heterocycles. The van der Waals surface area contributed by atoms with Crippen molar-refractivity contribution in [2.45, 2.75) is 25.0 Å². The predicted octanol–water partition coefficient (Wildman–Crippen LogP) is 3.13. The van der Waals surface area contributed by atoms with Gasteiger partial charge in [-0.1, -0.05) is 28.1 Å². The Balaban J connectivity index is 2.33. The van der Waals surface area contributed by atoms with Crippen molar-refractivity contribution in [2.24, 2.45) is 0 Å². The molecule has 0 bridgehead atoms. The van der Waals surface area contributed by atoms with Crippen LogP contribution < -0.4 is 0 Å². The highest BCUT2D eigenvalue weighted by Crippen LogP contribution is 2.29. The summed E-state index contributed by atoms with van der Waals surface area (Å²) in [4.78, 5) is 0.709. The van der Waals surface area contributed by atoms with Gasteiger partial charge in [0, 0.05) is 18.1 Å². The van der Waals surface area contributed by atoms with Gasteiger partial charge in [0.1, 0.15) is 4.90 Å². The van der Waals surface area contributed by atoms with Crippen LogP contribution in [0.1, 0.15) is 16.0 Å². The summed E-state index contributed by atoms with van der Waals surface area (Å²) >= 11 is 4.64. The van der Waals surface area contributed by atoms with Crippen LogP contribution in [-0.2, 0) is 23.2 Å². The molecular formula is C14H16BrNO3S2. The Hall–Kier alpha value is -0.730. The van der Waals surface area contributed by atoms with Crippen molar-refractivity contribution >= 4 is 37.3 Å². The smallest absolute Gasteiger partial charge is 0.244 e. The van der Waals surface area contributed by atoms with Gasteiger partial charge in [-0.3, -0.25) is 0 Å². The van der Waals surface area contributed by atoms with E-state index >= 15 is 0 Å². The van der Waals surface area contributed by atoms with Gasteiger partial charge in [0.05, 0.1) is 11.5 Å². The van der Waals surface area contributed by atoms with Crippen molar-refractivity contribution in [1.29, 1.82) is 0 Å². The average molecular weight is 390 g/mol. The van der Waals surface area contributed by atoms with Crippen LogP contribution in [0.15, 0.2) is 39.0 Å². The fourth-order valence-corrected chi connectivity index (χ4v) is 5.29. The molecular weight excluding hydrogens is 374 g/mol. The highest BCUT2D eigenvalue weighted by atomic mass is 79.9. The summed E-state index contributed by atoms with van der Waals surface area (Å²) in [5.74, 6) is 0. The van der Waals surface area contributed by atoms with E-state index in [1.54, 1.807) is 19.4 Å². The SMILES string of the molecule is Cc1csc(CO)c1S(=O)(=O)N(C)Cc1cccc(Br)c1. The van der Waals surface area contributed by atoms with Gasteiger partial charge in [-0.25, -0.2) is 8.42 Å². The van der Waals surface area contributed by atoms with Crippen LogP contribution in [-0.4, -0.2) is 24.9 Å². The van der Waals surface area contributed by atoms with Crippen molar-refractivity contribution in [1.82, 2.24) is 4.31 Å². The first kappa shape index (κ1) is 16.6. The van der Waals surface area contributed by atoms with Crippen LogP contribution in [0.3, 0.4) is 0 Å². The first-order valence-electron chi connectivity index (χ1n) is 6.25. The van der Waals surface area contributed by atoms with Crippen molar-refractivity contribution in [3.8, 4) is 0 Å². The molecule has 0 atom stereocenters. The molecule has 1 heterocycles. The highest BCUT2D eigenvalue weighted by Gasteiger charge is 2.27. The van der Waals surface area contributed by atoms with Crippen molar-refractivity contribution in [3.05, 3.63) is 50.1 Å². The minimum absolute atomic E-state index is 0.229. The van der Waals surface area contributed by atoms with Crippen LogP contribution in [0.4, 0.5) is 0 Å². The monoisotopic (exact) mass is 389 g/mol. The molecule has 0 fully saturated rings. The van der Waals surface area contributed by atoms with Crippen LogP contribution in [0, 0.1) is 6.92 Å². The summed E-state index contributed by atoms with van der Waals surface area (Å²) in [7, 11) is -2.06. The Morgan fingerprint density at radius 3 is 2.71 bits per heavy atom. The lowest BCUT2D eigenvalue weighted by Gasteiger charge is -2.18. The number of sulfonamides is 1. The average Bonchev–Trinajstić information content (AvgIpc) is 2.80. The van der Waals surface area contributed by atoms with E-state index in [9.17, 15) is 13.5 Å². The Labute approximate surface area is 137 Å². The zero-order chi connectivity index (χ0) is 15.6. The van der Waals surface area contributed by atoms with Gasteiger partial charge in [0.15, 0.2) is 0 Å². The summed E-state index contributed by atoms with van der Waals surface area (Å²) < 4.78 is 27.6. The van der Waals surface area contributed by atoms with Crippen molar-refractivity contribution in [3.63, 3.8) is 0 Å². The molecule has 7 heteroatoms. The van der Waals surface area contributed by atoms with Gasteiger partial charge in [-0.05, 0) is 35.6 Å². The first-order chi connectivity index (χ1) is 9.86. The second-order valence-electron chi connectivity index (χ2n) is 4.72. The Morgan fingerprint density at radius 2 is 2.10 bits per heavy atom. The molecule has 1 aromatic heterocycles. The molecule has 0 saturated carbocycles. The number of aliphatic hydroxyl groups excluding tert-OH is 1. The minimum atomic E-state index is -3.61. The molecule has 0 spiro atoms. The number of thiophene rings is 1. The van der Waals surface area contributed by atoms with E-state index in [4.69, 9.17) is 0 Å². The number of benzene rings is 1. The first-order valence-corrected chi connectivity index (χ1v) is 9.36. The van der Waals surface area contributed by atoms with E-state index < -0.39 is 10.0 Å². The maximum Gasteiger partial charge on any atom is 0.244 e. The fourth-order valence-electron chi connectivity index (χ4n) is 2.08. The topological polar surface area (TPSA) is 57.6 Å². The van der Waals surface area contributed by atoms with Crippen LogP contribution in [0.5, 0.6) is 0 Å². The van der Waals surface area contributed by atoms with Gasteiger partial charge >= 0.3 is 0 Å². The minimum Gasteiger partial charge on any atom is -0.391 e. The third kappa shape index (κ3) is 3.54. The lowest BCUT2D eigenvalue weighted by Crippen LogP contribution is -2.27. The molecule has 0 aliphatic heterocycles. The lowest BCUT2D eigenvalue weighted by molar-refractivity contribution is 0.282. The molecule has 0 aliphatic carbocycles. The van der Waals surface area contributed by atoms with Crippen LogP contribution in [0.2, 0.25) is 0 Å². The summed E-state index contributed by atoms with van der Waals surface area (Å²) in [6.45, 7) is 1.76. The lowest BCUT2D eigenvalue weighted by atomic mass is 10.2. The second kappa shape index (κ2) is 6.58. The number of hydrogen-bond acceptors (Lipinski definition) is 4. The molecule has 2 aromatic rings. The zero-order valence-electron chi connectivity index (χ0n) is 11.7. The van der Waals surface area contributed by atoms with E-state index in [0.717, 1.165) is 10.0 Å². The number of hydrogen-bond donors (Lipinski definition) is 1. The van der Waals surface area contributed by atoms with Crippen LogP contribution in [0.25, 0.3) is 0 Å². The molecule has 0 unspecified atom stereocenters. The molecule has 1 N–H and O–H groups in total. The summed E-state index contributed by atoms with van der Waals surface area (Å²) in [5, 5.41) is 11.1. The van der Waals surface area contributed by atoms with E-state index in [0.29, 0.717) is 10.4 Å². The number of nitrogens with zero attached hydrogens (tertiary/aromatic N) is 1. The zero-order valence-corrected chi connectivity index (χ0v) is 14.9. The summed E-state index contributed by atoms with van der Waals surface area (Å²) in [6, 6.07) is 7.53. The third-order valence-electron chi connectivity index (χ3n) is 3.10. The maximum absolute atomic E-state index is 12.7. The van der Waals surface area contributed by atoms with E-state index in [1.807, 2.05) is 24.3 Å². The number of halogens is 1. The second-order valence-corrected chi connectivity index (χ2v) is 8.58. The normalized spacial score (nSPS) is 12.0. The van der Waals surface area contributed by atoms with Crippen molar-refractivity contribution < 1.29 is 13.5 Å². The maximum atomic E-state index is 12.7. The van der Waals surface area contributed by atoms with Gasteiger partial charge in [-0.15, -0.1) is 11.3 Å². The molecule has 114 valence electrons. The van der Waals surface area contributed by atoms with Crippen LogP contribution >= 0.6 is 27.3 Å². The van der Waals surface area contributed by atoms with Gasteiger partial charge < -0.3 is 5.11 Å². The Morgan fingerprint density at radius 1 is 1.38 bits per heavy atom. The predicted molar refractivity (Wildman–Crippen MR) is 87.8 cm³/mol. The molecule has 0 aliphatic rings. The summed E-state index contributed by atoms with van der Waals surface area (Å²) in [5.41, 5.74) is 1.57. The van der Waals surface area contributed by atoms with Gasteiger partial charge in [0.2, 0.25) is 10.0 Å². The van der Waals surface area contributed by atoms with E-state index in [-0.39, 0.29) is 18.0 Å². The van der Waals surface area contributed by atoms with Gasteiger partial charge in [0.25, 0.3) is 0 Å². The van der Waals surface area contributed by atoms with Gasteiger partial charge in [-0.2, -0.15) is 4.31 Å². The van der Waals surface area contributed by atoms with E-state index in [2.05, 4.69) is 15.9 Å². The molecule has 0 radical (unpaired) electrons. The molecule has 21 heavy (non-hydrogen) atoms. The molecule has 1 aromatic carbocycles. The number of aryl methyl sites for hydroxylation is 1. The Bertz CT molecular complexity index is 740.